The van der Waals surface area contributed by atoms with Crippen LogP contribution in [0.2, 0.25) is 10.0 Å². The van der Waals surface area contributed by atoms with Crippen LogP contribution >= 0.6 is 23.2 Å². The van der Waals surface area contributed by atoms with Gasteiger partial charge < -0.3 is 5.32 Å². The van der Waals surface area contributed by atoms with Crippen LogP contribution in [0.5, 0.6) is 0 Å². The van der Waals surface area contributed by atoms with Gasteiger partial charge in [-0.05, 0) is 29.8 Å². The highest BCUT2D eigenvalue weighted by molar-refractivity contribution is 6.34. The average Bonchev–Trinajstić information content (AvgIpc) is 2.43. The van der Waals surface area contributed by atoms with Crippen LogP contribution in [0.15, 0.2) is 42.5 Å². The highest BCUT2D eigenvalue weighted by Gasteiger charge is 2.09. The quantitative estimate of drug-likeness (QED) is 0.930. The number of halogens is 2. The maximum atomic E-state index is 11.9. The fraction of sp³-hybridized carbons (Fsp3) is 0.0667. The summed E-state index contributed by atoms with van der Waals surface area (Å²) in [4.78, 5) is 11.9. The van der Waals surface area contributed by atoms with Crippen LogP contribution in [0.4, 0.5) is 5.69 Å². The molecule has 3 nitrogen and oxygen atoms in total. The fourth-order valence-corrected chi connectivity index (χ4v) is 2.13. The number of benzene rings is 2. The molecule has 5 heteroatoms. The second-order valence-corrected chi connectivity index (χ2v) is 4.94. The molecule has 1 N–H and O–H groups in total. The van der Waals surface area contributed by atoms with Gasteiger partial charge in [0.05, 0.1) is 28.8 Å². The Bertz CT molecular complexity index is 693. The molecule has 2 rings (SSSR count). The summed E-state index contributed by atoms with van der Waals surface area (Å²) in [5.74, 6) is -0.218. The SMILES string of the molecule is N#Cc1ccc(NC(=O)Cc2ccccc2Cl)c(Cl)c1. The van der Waals surface area contributed by atoms with E-state index in [1.165, 1.54) is 6.07 Å². The second kappa shape index (κ2) is 6.42. The summed E-state index contributed by atoms with van der Waals surface area (Å²) in [7, 11) is 0. The zero-order valence-corrected chi connectivity index (χ0v) is 11.9. The number of nitriles is 1. The summed E-state index contributed by atoms with van der Waals surface area (Å²) < 4.78 is 0. The van der Waals surface area contributed by atoms with Gasteiger partial charge in [-0.25, -0.2) is 0 Å². The predicted molar refractivity (Wildman–Crippen MR) is 80.0 cm³/mol. The highest BCUT2D eigenvalue weighted by Crippen LogP contribution is 2.23. The average molecular weight is 305 g/mol. The highest BCUT2D eigenvalue weighted by atomic mass is 35.5. The Morgan fingerprint density at radius 1 is 1.15 bits per heavy atom. The van der Waals surface area contributed by atoms with Crippen LogP contribution in [-0.2, 0) is 11.2 Å². The van der Waals surface area contributed by atoms with E-state index in [2.05, 4.69) is 5.32 Å². The van der Waals surface area contributed by atoms with Gasteiger partial charge in [-0.3, -0.25) is 4.79 Å². The van der Waals surface area contributed by atoms with E-state index in [1.54, 1.807) is 30.3 Å². The van der Waals surface area contributed by atoms with Gasteiger partial charge in [-0.15, -0.1) is 0 Å². The van der Waals surface area contributed by atoms with Gasteiger partial charge in [-0.2, -0.15) is 5.26 Å². The van der Waals surface area contributed by atoms with E-state index < -0.39 is 0 Å². The molecule has 20 heavy (non-hydrogen) atoms. The van der Waals surface area contributed by atoms with Gasteiger partial charge in [-0.1, -0.05) is 41.4 Å². The van der Waals surface area contributed by atoms with E-state index in [0.29, 0.717) is 21.3 Å². The topological polar surface area (TPSA) is 52.9 Å². The van der Waals surface area contributed by atoms with Crippen LogP contribution in [0.3, 0.4) is 0 Å². The lowest BCUT2D eigenvalue weighted by atomic mass is 10.1. The van der Waals surface area contributed by atoms with Crippen molar-refractivity contribution in [2.24, 2.45) is 0 Å². The molecule has 0 spiro atoms. The van der Waals surface area contributed by atoms with Crippen molar-refractivity contribution in [3.63, 3.8) is 0 Å². The maximum absolute atomic E-state index is 11.9. The summed E-state index contributed by atoms with van der Waals surface area (Å²) in [5.41, 5.74) is 1.67. The lowest BCUT2D eigenvalue weighted by molar-refractivity contribution is -0.115. The molecule has 0 unspecified atom stereocenters. The van der Waals surface area contributed by atoms with Crippen molar-refractivity contribution in [1.82, 2.24) is 0 Å². The summed E-state index contributed by atoms with van der Waals surface area (Å²) in [5, 5.41) is 12.3. The number of amides is 1. The molecule has 0 atom stereocenters. The molecule has 0 saturated carbocycles. The molecule has 2 aromatic carbocycles. The first-order chi connectivity index (χ1) is 9.60. The Hall–Kier alpha value is -2.02. The zero-order valence-electron chi connectivity index (χ0n) is 10.4. The van der Waals surface area contributed by atoms with Crippen LogP contribution in [0.25, 0.3) is 0 Å². The van der Waals surface area contributed by atoms with Crippen molar-refractivity contribution in [2.75, 3.05) is 5.32 Å². The first-order valence-electron chi connectivity index (χ1n) is 5.83. The van der Waals surface area contributed by atoms with Crippen molar-refractivity contribution in [3.8, 4) is 6.07 Å². The molecule has 100 valence electrons. The molecule has 0 aromatic heterocycles. The molecule has 0 aliphatic heterocycles. The van der Waals surface area contributed by atoms with Crippen molar-refractivity contribution in [3.05, 3.63) is 63.6 Å². The number of carbonyl (C=O) groups excluding carboxylic acids is 1. The molecule has 0 fully saturated rings. The van der Waals surface area contributed by atoms with Gasteiger partial charge in [0.1, 0.15) is 0 Å². The molecular formula is C15H10Cl2N2O. The Kier molecular flexibility index (Phi) is 4.62. The third kappa shape index (κ3) is 3.51. The van der Waals surface area contributed by atoms with Gasteiger partial charge in [0.2, 0.25) is 5.91 Å². The van der Waals surface area contributed by atoms with Gasteiger partial charge >= 0.3 is 0 Å². The lowest BCUT2D eigenvalue weighted by Crippen LogP contribution is -2.14. The van der Waals surface area contributed by atoms with Gasteiger partial charge in [0.25, 0.3) is 0 Å². The molecule has 0 aliphatic carbocycles. The number of nitrogens with zero attached hydrogens (tertiary/aromatic N) is 1. The molecule has 2 aromatic rings. The van der Waals surface area contributed by atoms with E-state index in [-0.39, 0.29) is 12.3 Å². The number of hydrogen-bond acceptors (Lipinski definition) is 2. The van der Waals surface area contributed by atoms with Crippen molar-refractivity contribution >= 4 is 34.8 Å². The molecule has 0 heterocycles. The molecular weight excluding hydrogens is 295 g/mol. The van der Waals surface area contributed by atoms with E-state index in [1.807, 2.05) is 12.1 Å². The second-order valence-electron chi connectivity index (χ2n) is 4.12. The summed E-state index contributed by atoms with van der Waals surface area (Å²) in [6.45, 7) is 0. The number of nitrogens with one attached hydrogen (secondary N) is 1. The monoisotopic (exact) mass is 304 g/mol. The largest absolute Gasteiger partial charge is 0.324 e. The first-order valence-corrected chi connectivity index (χ1v) is 6.58. The molecule has 0 radical (unpaired) electrons. The zero-order chi connectivity index (χ0) is 14.5. The minimum Gasteiger partial charge on any atom is -0.324 e. The third-order valence-electron chi connectivity index (χ3n) is 2.68. The smallest absolute Gasteiger partial charge is 0.228 e. The predicted octanol–water partition coefficient (Wildman–Crippen LogP) is 4.05. The Balaban J connectivity index is 2.09. The van der Waals surface area contributed by atoms with E-state index >= 15 is 0 Å². The van der Waals surface area contributed by atoms with Crippen LogP contribution in [0.1, 0.15) is 11.1 Å². The third-order valence-corrected chi connectivity index (χ3v) is 3.36. The van der Waals surface area contributed by atoms with Crippen molar-refractivity contribution in [1.29, 1.82) is 5.26 Å². The standard InChI is InChI=1S/C15H10Cl2N2O/c16-12-4-2-1-3-11(12)8-15(20)19-14-6-5-10(9-18)7-13(14)17/h1-7H,8H2,(H,19,20). The molecule has 1 amide bonds. The molecule has 0 bridgehead atoms. The number of carbonyl (C=O) groups is 1. The summed E-state index contributed by atoms with van der Waals surface area (Å²) >= 11 is 12.0. The van der Waals surface area contributed by atoms with E-state index in [0.717, 1.165) is 5.56 Å². The lowest BCUT2D eigenvalue weighted by Gasteiger charge is -2.08. The summed E-state index contributed by atoms with van der Waals surface area (Å²) in [6, 6.07) is 13.8. The van der Waals surface area contributed by atoms with Crippen LogP contribution in [0, 0.1) is 11.3 Å². The van der Waals surface area contributed by atoms with Gasteiger partial charge in [0, 0.05) is 5.02 Å². The number of anilines is 1. The Morgan fingerprint density at radius 2 is 1.90 bits per heavy atom. The minimum atomic E-state index is -0.218. The minimum absolute atomic E-state index is 0.163. The normalized spacial score (nSPS) is 9.85. The van der Waals surface area contributed by atoms with Crippen LogP contribution in [-0.4, -0.2) is 5.91 Å². The summed E-state index contributed by atoms with van der Waals surface area (Å²) in [6.07, 6.45) is 0.163. The maximum Gasteiger partial charge on any atom is 0.228 e. The van der Waals surface area contributed by atoms with Gasteiger partial charge in [0.15, 0.2) is 0 Å². The van der Waals surface area contributed by atoms with Crippen LogP contribution < -0.4 is 5.32 Å². The number of rotatable bonds is 3. The number of hydrogen-bond donors (Lipinski definition) is 1. The fourth-order valence-electron chi connectivity index (χ4n) is 1.70. The van der Waals surface area contributed by atoms with E-state index in [4.69, 9.17) is 28.5 Å². The molecule has 0 saturated heterocycles. The first kappa shape index (κ1) is 14.4. The van der Waals surface area contributed by atoms with Crippen molar-refractivity contribution in [2.45, 2.75) is 6.42 Å². The van der Waals surface area contributed by atoms with E-state index in [9.17, 15) is 4.79 Å². The molecule has 0 aliphatic rings. The Morgan fingerprint density at radius 3 is 2.55 bits per heavy atom. The Labute approximate surface area is 126 Å². The van der Waals surface area contributed by atoms with Crippen molar-refractivity contribution < 1.29 is 4.79 Å².